The zero-order valence-electron chi connectivity index (χ0n) is 16.0. The predicted octanol–water partition coefficient (Wildman–Crippen LogP) is 4.52. The number of ether oxygens (including phenoxy) is 2. The Morgan fingerprint density at radius 1 is 1.33 bits per heavy atom. The minimum Gasteiger partial charge on any atom is -0.598 e. The van der Waals surface area contributed by atoms with Gasteiger partial charge in [-0.2, -0.15) is 0 Å². The summed E-state index contributed by atoms with van der Waals surface area (Å²) in [6.07, 6.45) is 5.74. The average molecular weight is 411 g/mol. The summed E-state index contributed by atoms with van der Waals surface area (Å²) >= 11 is 5.15. The molecule has 1 unspecified atom stereocenters. The van der Waals surface area contributed by atoms with Crippen LogP contribution in [0.15, 0.2) is 30.6 Å². The first kappa shape index (κ1) is 20.8. The first-order valence-electron chi connectivity index (χ1n) is 9.29. The van der Waals surface area contributed by atoms with Gasteiger partial charge in [0, 0.05) is 40.6 Å². The largest absolute Gasteiger partial charge is 0.598 e. The molecule has 1 fully saturated rings. The van der Waals surface area contributed by atoms with Crippen LogP contribution in [0, 0.1) is 0 Å². The van der Waals surface area contributed by atoms with Crippen LogP contribution in [0.1, 0.15) is 51.6 Å². The molecule has 1 saturated heterocycles. The van der Waals surface area contributed by atoms with Crippen molar-refractivity contribution in [2.24, 2.45) is 0 Å². The van der Waals surface area contributed by atoms with Gasteiger partial charge in [-0.25, -0.2) is 0 Å². The third-order valence-corrected chi connectivity index (χ3v) is 6.35. The van der Waals surface area contributed by atoms with E-state index >= 15 is 0 Å². The first-order chi connectivity index (χ1) is 12.8. The summed E-state index contributed by atoms with van der Waals surface area (Å²) in [7, 11) is 0. The van der Waals surface area contributed by atoms with E-state index in [0.717, 1.165) is 42.4 Å². The van der Waals surface area contributed by atoms with E-state index in [1.54, 1.807) is 6.20 Å². The van der Waals surface area contributed by atoms with Gasteiger partial charge < -0.3 is 14.0 Å². The predicted molar refractivity (Wildman–Crippen MR) is 110 cm³/mol. The molecule has 2 atom stereocenters. The smallest absolute Gasteiger partial charge is 0.157 e. The highest BCUT2D eigenvalue weighted by Gasteiger charge is 2.31. The molecule has 1 aliphatic heterocycles. The summed E-state index contributed by atoms with van der Waals surface area (Å²) in [6, 6.07) is 5.65. The topological polar surface area (TPSA) is 66.4 Å². The van der Waals surface area contributed by atoms with Gasteiger partial charge in [0.2, 0.25) is 0 Å². The van der Waals surface area contributed by atoms with E-state index in [4.69, 9.17) is 21.1 Å². The van der Waals surface area contributed by atoms with Crippen LogP contribution in [0.5, 0.6) is 0 Å². The fourth-order valence-corrected chi connectivity index (χ4v) is 4.16. The second kappa shape index (κ2) is 9.07. The third kappa shape index (κ3) is 5.56. The molecule has 0 spiro atoms. The molecule has 7 heteroatoms. The van der Waals surface area contributed by atoms with Crippen LogP contribution in [0.2, 0.25) is 5.02 Å². The second-order valence-electron chi connectivity index (χ2n) is 7.75. The zero-order chi connectivity index (χ0) is 19.4. The van der Waals surface area contributed by atoms with E-state index in [1.807, 2.05) is 45.2 Å². The molecule has 0 amide bonds. The molecule has 1 aromatic heterocycles. The molecule has 1 N–H and O–H groups in total. The Kier molecular flexibility index (Phi) is 7.00. The highest BCUT2D eigenvalue weighted by molar-refractivity contribution is 7.90. The number of nitrogens with zero attached hydrogens (tertiary/aromatic N) is 1. The lowest BCUT2D eigenvalue weighted by atomic mass is 9.97. The number of hydrogen-bond donors (Lipinski definition) is 1. The fraction of sp³-hybridized carbons (Fsp3) is 0.550. The molecule has 0 saturated carbocycles. The van der Waals surface area contributed by atoms with Gasteiger partial charge in [-0.3, -0.25) is 4.98 Å². The molecule has 2 heterocycles. The fourth-order valence-electron chi connectivity index (χ4n) is 3.07. The number of hydrogen-bond acceptors (Lipinski definition) is 5. The number of halogens is 1. The molecular weight excluding hydrogens is 384 g/mol. The maximum atomic E-state index is 12.8. The van der Waals surface area contributed by atoms with E-state index in [9.17, 15) is 4.55 Å². The van der Waals surface area contributed by atoms with Crippen molar-refractivity contribution in [2.75, 3.05) is 13.2 Å². The number of nitrogens with one attached hydrogen (secondary N) is 1. The summed E-state index contributed by atoms with van der Waals surface area (Å²) < 4.78 is 27.1. The van der Waals surface area contributed by atoms with Crippen LogP contribution >= 0.6 is 11.6 Å². The Labute approximate surface area is 169 Å². The van der Waals surface area contributed by atoms with E-state index in [0.29, 0.717) is 11.4 Å². The average Bonchev–Trinajstić information content (AvgIpc) is 2.64. The first-order valence-corrected chi connectivity index (χ1v) is 10.8. The molecule has 2 aromatic rings. The van der Waals surface area contributed by atoms with E-state index < -0.39 is 11.4 Å². The number of rotatable bonds is 6. The van der Waals surface area contributed by atoms with Gasteiger partial charge in [0.05, 0.1) is 19.3 Å². The third-order valence-electron chi connectivity index (χ3n) is 4.52. The molecule has 0 aliphatic carbocycles. The second-order valence-corrected chi connectivity index (χ2v) is 10.2. The van der Waals surface area contributed by atoms with Gasteiger partial charge in [-0.05, 0) is 62.8 Å². The zero-order valence-corrected chi connectivity index (χ0v) is 17.6. The van der Waals surface area contributed by atoms with E-state index in [2.05, 4.69) is 9.71 Å². The summed E-state index contributed by atoms with van der Waals surface area (Å²) in [5.41, 5.74) is 0.999. The molecule has 148 valence electrons. The van der Waals surface area contributed by atoms with Crippen molar-refractivity contribution in [3.8, 4) is 0 Å². The lowest BCUT2D eigenvalue weighted by Gasteiger charge is -2.30. The lowest BCUT2D eigenvalue weighted by molar-refractivity contribution is -0.182. The van der Waals surface area contributed by atoms with Crippen LogP contribution in [0.25, 0.3) is 10.8 Å². The van der Waals surface area contributed by atoms with Gasteiger partial charge in [0.1, 0.15) is 4.75 Å². The van der Waals surface area contributed by atoms with Crippen molar-refractivity contribution >= 4 is 33.7 Å². The van der Waals surface area contributed by atoms with Crippen LogP contribution in [-0.4, -0.2) is 33.8 Å². The summed E-state index contributed by atoms with van der Waals surface area (Å²) in [5, 5.41) is 2.68. The lowest BCUT2D eigenvalue weighted by Crippen LogP contribution is -2.41. The monoisotopic (exact) mass is 410 g/mol. The molecule has 0 bridgehead atoms. The maximum Gasteiger partial charge on any atom is 0.157 e. The molecular formula is C20H27ClN2O3S. The van der Waals surface area contributed by atoms with Crippen molar-refractivity contribution in [2.45, 2.75) is 57.1 Å². The molecule has 5 nitrogen and oxygen atoms in total. The Morgan fingerprint density at radius 2 is 2.07 bits per heavy atom. The van der Waals surface area contributed by atoms with Crippen molar-refractivity contribution in [1.29, 1.82) is 0 Å². The Balaban J connectivity index is 1.88. The molecule has 0 radical (unpaired) electrons. The summed E-state index contributed by atoms with van der Waals surface area (Å²) in [4.78, 5) is 4.27. The van der Waals surface area contributed by atoms with Crippen molar-refractivity contribution in [3.05, 3.63) is 41.2 Å². The quantitative estimate of drug-likeness (QED) is 0.709. The maximum absolute atomic E-state index is 12.8. The van der Waals surface area contributed by atoms with Crippen LogP contribution < -0.4 is 4.72 Å². The van der Waals surface area contributed by atoms with Crippen LogP contribution in [0.3, 0.4) is 0 Å². The van der Waals surface area contributed by atoms with Gasteiger partial charge in [0.25, 0.3) is 0 Å². The highest BCUT2D eigenvalue weighted by Crippen LogP contribution is 2.32. The molecule has 1 aliphatic rings. The van der Waals surface area contributed by atoms with Crippen molar-refractivity contribution in [1.82, 2.24) is 9.71 Å². The van der Waals surface area contributed by atoms with Gasteiger partial charge >= 0.3 is 0 Å². The van der Waals surface area contributed by atoms with Crippen LogP contribution in [0.4, 0.5) is 0 Å². The highest BCUT2D eigenvalue weighted by atomic mass is 35.5. The standard InChI is InChI=1S/C20H27ClN2O3S/c1-20(2,3)27(24)23-18(5-6-19-25-9-4-10-26-19)16-12-15(21)11-14-7-8-22-13-17(14)16/h7-8,11-13,18-19,23H,4-6,9-10H2,1-3H3/t18?,27-/m0/s1. The minimum atomic E-state index is -1.22. The minimum absolute atomic E-state index is 0.149. The molecule has 27 heavy (non-hydrogen) atoms. The van der Waals surface area contributed by atoms with E-state index in [-0.39, 0.29) is 17.1 Å². The Morgan fingerprint density at radius 3 is 2.78 bits per heavy atom. The number of fused-ring (bicyclic) bond motifs is 1. The summed E-state index contributed by atoms with van der Waals surface area (Å²) in [6.45, 7) is 7.32. The Bertz CT molecular complexity index is 762. The molecule has 3 rings (SSSR count). The van der Waals surface area contributed by atoms with Crippen molar-refractivity contribution in [3.63, 3.8) is 0 Å². The number of pyridine rings is 1. The van der Waals surface area contributed by atoms with Crippen LogP contribution in [-0.2, 0) is 20.8 Å². The summed E-state index contributed by atoms with van der Waals surface area (Å²) in [5.74, 6) is 0. The van der Waals surface area contributed by atoms with Gasteiger partial charge in [-0.1, -0.05) is 11.6 Å². The van der Waals surface area contributed by atoms with Gasteiger partial charge in [0.15, 0.2) is 6.29 Å². The number of benzene rings is 1. The Hall–Kier alpha value is -0.890. The molecule has 1 aromatic carbocycles. The van der Waals surface area contributed by atoms with Gasteiger partial charge in [-0.15, -0.1) is 4.72 Å². The van der Waals surface area contributed by atoms with Crippen molar-refractivity contribution < 1.29 is 14.0 Å². The number of aromatic nitrogens is 1. The normalized spacial score (nSPS) is 18.6. The SMILES string of the molecule is CC(C)(C)[S@+]([O-])NC(CCC1OCCCO1)c1cc(Cl)cc2ccncc12. The van der Waals surface area contributed by atoms with E-state index in [1.165, 1.54) is 0 Å².